The van der Waals surface area contributed by atoms with Crippen LogP contribution in [0, 0.1) is 5.92 Å². The first-order chi connectivity index (χ1) is 7.77. The molecule has 0 radical (unpaired) electrons. The van der Waals surface area contributed by atoms with Crippen LogP contribution in [0.4, 0.5) is 5.82 Å². The fraction of sp³-hybridized carbons (Fsp3) is 0.333. The van der Waals surface area contributed by atoms with E-state index in [2.05, 4.69) is 46.9 Å². The van der Waals surface area contributed by atoms with Crippen LogP contribution in [0.25, 0.3) is 0 Å². The van der Waals surface area contributed by atoms with Gasteiger partial charge in [-0.3, -0.25) is 0 Å². The molecule has 1 unspecified atom stereocenters. The summed E-state index contributed by atoms with van der Waals surface area (Å²) in [5.74, 6) is 1.34. The van der Waals surface area contributed by atoms with Crippen LogP contribution >= 0.6 is 11.3 Å². The maximum atomic E-state index is 4.05. The van der Waals surface area contributed by atoms with Gasteiger partial charge in [0.25, 0.3) is 0 Å². The third kappa shape index (κ3) is 2.58. The molecule has 1 N–H and O–H groups in total. The van der Waals surface area contributed by atoms with Crippen molar-refractivity contribution in [2.75, 3.05) is 5.32 Å². The summed E-state index contributed by atoms with van der Waals surface area (Å²) in [6.07, 6.45) is 1.68. The van der Waals surface area contributed by atoms with Gasteiger partial charge in [0, 0.05) is 11.1 Å². The van der Waals surface area contributed by atoms with E-state index in [4.69, 9.17) is 0 Å². The number of aromatic nitrogens is 2. The molecule has 0 fully saturated rings. The lowest BCUT2D eigenvalue weighted by molar-refractivity contribution is 0.551. The Morgan fingerprint density at radius 3 is 2.69 bits per heavy atom. The van der Waals surface area contributed by atoms with E-state index in [0.29, 0.717) is 12.0 Å². The Morgan fingerprint density at radius 1 is 1.25 bits per heavy atom. The number of anilines is 1. The SMILES string of the molecule is CC(C)C(Nc1cccnn1)c1cccs1. The molecule has 0 aromatic carbocycles. The van der Waals surface area contributed by atoms with Gasteiger partial charge in [-0.15, -0.1) is 16.4 Å². The van der Waals surface area contributed by atoms with Gasteiger partial charge in [-0.05, 0) is 29.5 Å². The summed E-state index contributed by atoms with van der Waals surface area (Å²) in [6, 6.07) is 8.36. The molecule has 0 aliphatic heterocycles. The normalized spacial score (nSPS) is 12.7. The molecule has 3 nitrogen and oxygen atoms in total. The Hall–Kier alpha value is -1.42. The molecule has 0 saturated carbocycles. The van der Waals surface area contributed by atoms with Gasteiger partial charge in [-0.2, -0.15) is 5.10 Å². The smallest absolute Gasteiger partial charge is 0.149 e. The zero-order chi connectivity index (χ0) is 11.4. The van der Waals surface area contributed by atoms with Crippen LogP contribution in [-0.2, 0) is 0 Å². The van der Waals surface area contributed by atoms with E-state index < -0.39 is 0 Å². The number of thiophene rings is 1. The Morgan fingerprint density at radius 2 is 2.12 bits per heavy atom. The van der Waals surface area contributed by atoms with E-state index in [1.54, 1.807) is 17.5 Å². The highest BCUT2D eigenvalue weighted by Gasteiger charge is 2.16. The molecule has 2 heterocycles. The van der Waals surface area contributed by atoms with Crippen molar-refractivity contribution >= 4 is 17.2 Å². The molecule has 0 spiro atoms. The van der Waals surface area contributed by atoms with Gasteiger partial charge in [0.1, 0.15) is 5.82 Å². The zero-order valence-electron chi connectivity index (χ0n) is 9.42. The molecule has 0 saturated heterocycles. The largest absolute Gasteiger partial charge is 0.361 e. The molecule has 2 aromatic heterocycles. The van der Waals surface area contributed by atoms with Crippen LogP contribution in [0.3, 0.4) is 0 Å². The van der Waals surface area contributed by atoms with Crippen LogP contribution in [-0.4, -0.2) is 10.2 Å². The standard InChI is InChI=1S/C12H15N3S/c1-9(2)12(10-5-4-8-16-10)14-11-6-3-7-13-15-11/h3-9,12H,1-2H3,(H,14,15). The molecule has 2 aromatic rings. The summed E-state index contributed by atoms with van der Waals surface area (Å²) >= 11 is 1.77. The Balaban J connectivity index is 2.16. The van der Waals surface area contributed by atoms with Gasteiger partial charge in [-0.1, -0.05) is 19.9 Å². The number of nitrogens with zero attached hydrogens (tertiary/aromatic N) is 2. The van der Waals surface area contributed by atoms with Crippen molar-refractivity contribution in [3.63, 3.8) is 0 Å². The van der Waals surface area contributed by atoms with Crippen molar-refractivity contribution < 1.29 is 0 Å². The van der Waals surface area contributed by atoms with Crippen LogP contribution < -0.4 is 5.32 Å². The number of hydrogen-bond acceptors (Lipinski definition) is 4. The van der Waals surface area contributed by atoms with E-state index in [9.17, 15) is 0 Å². The number of nitrogens with one attached hydrogen (secondary N) is 1. The van der Waals surface area contributed by atoms with Gasteiger partial charge in [0.15, 0.2) is 0 Å². The molecule has 4 heteroatoms. The van der Waals surface area contributed by atoms with E-state index >= 15 is 0 Å². The average Bonchev–Trinajstić information content (AvgIpc) is 2.80. The molecule has 2 rings (SSSR count). The van der Waals surface area contributed by atoms with Crippen molar-refractivity contribution in [1.29, 1.82) is 0 Å². The third-order valence-electron chi connectivity index (χ3n) is 2.39. The summed E-state index contributed by atoms with van der Waals surface area (Å²) < 4.78 is 0. The fourth-order valence-corrected chi connectivity index (χ4v) is 2.52. The highest BCUT2D eigenvalue weighted by atomic mass is 32.1. The minimum atomic E-state index is 0.302. The second kappa shape index (κ2) is 5.07. The van der Waals surface area contributed by atoms with E-state index in [1.165, 1.54) is 4.88 Å². The zero-order valence-corrected chi connectivity index (χ0v) is 10.2. The van der Waals surface area contributed by atoms with Crippen LogP contribution in [0.1, 0.15) is 24.8 Å². The summed E-state index contributed by atoms with van der Waals surface area (Å²) in [4.78, 5) is 1.33. The van der Waals surface area contributed by atoms with E-state index in [-0.39, 0.29) is 0 Å². The topological polar surface area (TPSA) is 37.8 Å². The predicted octanol–water partition coefficient (Wildman–Crippen LogP) is 3.35. The van der Waals surface area contributed by atoms with Crippen LogP contribution in [0.15, 0.2) is 35.8 Å². The van der Waals surface area contributed by atoms with Crippen LogP contribution in [0.5, 0.6) is 0 Å². The van der Waals surface area contributed by atoms with Gasteiger partial charge >= 0.3 is 0 Å². The Kier molecular flexibility index (Phi) is 3.51. The van der Waals surface area contributed by atoms with Gasteiger partial charge in [0.2, 0.25) is 0 Å². The highest BCUT2D eigenvalue weighted by molar-refractivity contribution is 7.10. The van der Waals surface area contributed by atoms with Crippen LogP contribution in [0.2, 0.25) is 0 Å². The van der Waals surface area contributed by atoms with E-state index in [1.807, 2.05) is 12.1 Å². The maximum absolute atomic E-state index is 4.05. The average molecular weight is 233 g/mol. The molecule has 0 aliphatic carbocycles. The molecule has 0 bridgehead atoms. The second-order valence-electron chi connectivity index (χ2n) is 3.99. The summed E-state index contributed by atoms with van der Waals surface area (Å²) in [5, 5.41) is 13.4. The number of hydrogen-bond donors (Lipinski definition) is 1. The second-order valence-corrected chi connectivity index (χ2v) is 4.97. The van der Waals surface area contributed by atoms with Crippen molar-refractivity contribution in [3.05, 3.63) is 40.7 Å². The fourth-order valence-electron chi connectivity index (χ4n) is 1.57. The molecular formula is C12H15N3S. The lowest BCUT2D eigenvalue weighted by Crippen LogP contribution is -2.16. The third-order valence-corrected chi connectivity index (χ3v) is 3.35. The molecule has 0 amide bonds. The predicted molar refractivity (Wildman–Crippen MR) is 67.6 cm³/mol. The quantitative estimate of drug-likeness (QED) is 0.880. The Bertz CT molecular complexity index is 411. The minimum Gasteiger partial charge on any atom is -0.361 e. The van der Waals surface area contributed by atoms with Crippen molar-refractivity contribution in [1.82, 2.24) is 10.2 Å². The molecular weight excluding hydrogens is 218 g/mol. The Labute approximate surface area is 99.5 Å². The number of rotatable bonds is 4. The first kappa shape index (κ1) is 11.1. The summed E-state index contributed by atoms with van der Waals surface area (Å²) in [7, 11) is 0. The monoisotopic (exact) mass is 233 g/mol. The molecule has 0 aliphatic rings. The minimum absolute atomic E-state index is 0.302. The lowest BCUT2D eigenvalue weighted by atomic mass is 10.0. The van der Waals surface area contributed by atoms with Gasteiger partial charge < -0.3 is 5.32 Å². The highest BCUT2D eigenvalue weighted by Crippen LogP contribution is 2.28. The molecule has 84 valence electrons. The van der Waals surface area contributed by atoms with Gasteiger partial charge in [0.05, 0.1) is 6.04 Å². The first-order valence-electron chi connectivity index (χ1n) is 5.35. The van der Waals surface area contributed by atoms with Crippen molar-refractivity contribution in [3.8, 4) is 0 Å². The summed E-state index contributed by atoms with van der Waals surface area (Å²) in [6.45, 7) is 4.40. The summed E-state index contributed by atoms with van der Waals surface area (Å²) in [5.41, 5.74) is 0. The van der Waals surface area contributed by atoms with Gasteiger partial charge in [-0.25, -0.2) is 0 Å². The molecule has 16 heavy (non-hydrogen) atoms. The van der Waals surface area contributed by atoms with E-state index in [0.717, 1.165) is 5.82 Å². The first-order valence-corrected chi connectivity index (χ1v) is 6.23. The lowest BCUT2D eigenvalue weighted by Gasteiger charge is -2.21. The van der Waals surface area contributed by atoms with Crippen molar-refractivity contribution in [2.45, 2.75) is 19.9 Å². The maximum Gasteiger partial charge on any atom is 0.149 e. The molecule has 1 atom stereocenters. The van der Waals surface area contributed by atoms with Crippen molar-refractivity contribution in [2.24, 2.45) is 5.92 Å².